The molecule has 0 radical (unpaired) electrons. The predicted molar refractivity (Wildman–Crippen MR) is 95.0 cm³/mol. The summed E-state index contributed by atoms with van der Waals surface area (Å²) in [6, 6.07) is 6.15. The summed E-state index contributed by atoms with van der Waals surface area (Å²) >= 11 is 0. The lowest BCUT2D eigenvalue weighted by Crippen LogP contribution is -2.44. The van der Waals surface area contributed by atoms with Gasteiger partial charge in [0.25, 0.3) is 0 Å². The zero-order valence-electron chi connectivity index (χ0n) is 15.1. The van der Waals surface area contributed by atoms with E-state index in [1.165, 1.54) is 19.3 Å². The summed E-state index contributed by atoms with van der Waals surface area (Å²) in [6.45, 7) is 6.76. The molecule has 1 aromatic carbocycles. The number of methoxy groups -OCH3 is 1. The molecule has 0 unspecified atom stereocenters. The van der Waals surface area contributed by atoms with Crippen molar-refractivity contribution in [3.63, 3.8) is 0 Å². The van der Waals surface area contributed by atoms with Crippen LogP contribution in [-0.4, -0.2) is 36.7 Å². The SMILES string of the molecule is COC(=O)/C=C/c1ccccc1NC(=O)[C@H](C)NC(=O)OC(C)(C)C. The lowest BCUT2D eigenvalue weighted by atomic mass is 10.1. The van der Waals surface area contributed by atoms with Crippen molar-refractivity contribution >= 4 is 29.7 Å². The molecular weight excluding hydrogens is 324 g/mol. The Balaban J connectivity index is 2.75. The molecule has 0 spiro atoms. The molecule has 0 saturated heterocycles. The van der Waals surface area contributed by atoms with Crippen LogP contribution in [-0.2, 0) is 19.1 Å². The van der Waals surface area contributed by atoms with Crippen LogP contribution in [0.15, 0.2) is 30.3 Å². The van der Waals surface area contributed by atoms with Gasteiger partial charge < -0.3 is 20.1 Å². The van der Waals surface area contributed by atoms with Crippen LogP contribution in [0.4, 0.5) is 10.5 Å². The Bertz CT molecular complexity index is 662. The largest absolute Gasteiger partial charge is 0.466 e. The van der Waals surface area contributed by atoms with Crippen LogP contribution < -0.4 is 10.6 Å². The van der Waals surface area contributed by atoms with Gasteiger partial charge in [-0.1, -0.05) is 18.2 Å². The Morgan fingerprint density at radius 3 is 2.40 bits per heavy atom. The van der Waals surface area contributed by atoms with Crippen molar-refractivity contribution in [2.45, 2.75) is 39.3 Å². The minimum absolute atomic E-state index is 0.412. The van der Waals surface area contributed by atoms with E-state index >= 15 is 0 Å². The zero-order valence-corrected chi connectivity index (χ0v) is 15.1. The predicted octanol–water partition coefficient (Wildman–Crippen LogP) is 2.72. The number of ether oxygens (including phenoxy) is 2. The molecule has 136 valence electrons. The van der Waals surface area contributed by atoms with Crippen molar-refractivity contribution in [2.24, 2.45) is 0 Å². The fourth-order valence-electron chi connectivity index (χ4n) is 1.77. The highest BCUT2D eigenvalue weighted by Crippen LogP contribution is 2.17. The van der Waals surface area contributed by atoms with Crippen molar-refractivity contribution in [3.05, 3.63) is 35.9 Å². The summed E-state index contributed by atoms with van der Waals surface area (Å²) in [5.74, 6) is -0.911. The molecule has 0 aliphatic heterocycles. The second kappa shape index (κ2) is 8.86. The van der Waals surface area contributed by atoms with Gasteiger partial charge in [0.2, 0.25) is 5.91 Å². The minimum atomic E-state index is -0.799. The molecule has 0 bridgehead atoms. The van der Waals surface area contributed by atoms with E-state index in [0.29, 0.717) is 11.3 Å². The van der Waals surface area contributed by atoms with Gasteiger partial charge in [0.15, 0.2) is 0 Å². The zero-order chi connectivity index (χ0) is 19.0. The lowest BCUT2D eigenvalue weighted by molar-refractivity contribution is -0.134. The van der Waals surface area contributed by atoms with E-state index in [2.05, 4.69) is 15.4 Å². The van der Waals surface area contributed by atoms with Crippen LogP contribution in [0.5, 0.6) is 0 Å². The van der Waals surface area contributed by atoms with Gasteiger partial charge in [-0.25, -0.2) is 9.59 Å². The summed E-state index contributed by atoms with van der Waals surface area (Å²) in [5.41, 5.74) is 0.488. The summed E-state index contributed by atoms with van der Waals surface area (Å²) in [5, 5.41) is 5.18. The molecule has 0 aromatic heterocycles. The number of alkyl carbamates (subject to hydrolysis) is 1. The highest BCUT2D eigenvalue weighted by Gasteiger charge is 2.21. The second-order valence-electron chi connectivity index (χ2n) is 6.30. The van der Waals surface area contributed by atoms with Crippen LogP contribution in [0.25, 0.3) is 6.08 Å². The van der Waals surface area contributed by atoms with E-state index in [1.54, 1.807) is 52.0 Å². The molecule has 1 aromatic rings. The Morgan fingerprint density at radius 1 is 1.16 bits per heavy atom. The van der Waals surface area contributed by atoms with E-state index in [-0.39, 0.29) is 0 Å². The lowest BCUT2D eigenvalue weighted by Gasteiger charge is -2.21. The van der Waals surface area contributed by atoms with E-state index in [4.69, 9.17) is 4.74 Å². The number of hydrogen-bond acceptors (Lipinski definition) is 5. The van der Waals surface area contributed by atoms with Crippen LogP contribution in [0.1, 0.15) is 33.3 Å². The van der Waals surface area contributed by atoms with Gasteiger partial charge in [0, 0.05) is 11.8 Å². The van der Waals surface area contributed by atoms with Crippen molar-refractivity contribution < 1.29 is 23.9 Å². The number of amides is 2. The number of para-hydroxylation sites is 1. The smallest absolute Gasteiger partial charge is 0.408 e. The first kappa shape index (κ1) is 20.2. The van der Waals surface area contributed by atoms with Gasteiger partial charge in [-0.2, -0.15) is 0 Å². The maximum atomic E-state index is 12.3. The molecule has 0 saturated carbocycles. The average Bonchev–Trinajstić information content (AvgIpc) is 2.51. The number of anilines is 1. The number of hydrogen-bond donors (Lipinski definition) is 2. The molecule has 1 rings (SSSR count). The average molecular weight is 348 g/mol. The topological polar surface area (TPSA) is 93.7 Å². The van der Waals surface area contributed by atoms with E-state index in [0.717, 1.165) is 0 Å². The van der Waals surface area contributed by atoms with Gasteiger partial charge in [-0.15, -0.1) is 0 Å². The summed E-state index contributed by atoms with van der Waals surface area (Å²) in [6.07, 6.45) is 2.12. The maximum absolute atomic E-state index is 12.3. The van der Waals surface area contributed by atoms with E-state index in [9.17, 15) is 14.4 Å². The molecule has 0 heterocycles. The number of nitrogens with one attached hydrogen (secondary N) is 2. The van der Waals surface area contributed by atoms with Gasteiger partial charge in [0.05, 0.1) is 7.11 Å². The number of esters is 1. The van der Waals surface area contributed by atoms with Crippen molar-refractivity contribution in [3.8, 4) is 0 Å². The number of rotatable bonds is 5. The third-order valence-electron chi connectivity index (χ3n) is 2.95. The molecule has 2 amide bonds. The third-order valence-corrected chi connectivity index (χ3v) is 2.95. The summed E-state index contributed by atoms with van der Waals surface area (Å²) in [4.78, 5) is 35.2. The normalized spacial score (nSPS) is 12.4. The minimum Gasteiger partial charge on any atom is -0.466 e. The summed E-state index contributed by atoms with van der Waals surface area (Å²) in [7, 11) is 1.28. The van der Waals surface area contributed by atoms with Crippen LogP contribution >= 0.6 is 0 Å². The van der Waals surface area contributed by atoms with Gasteiger partial charge in [-0.05, 0) is 45.4 Å². The second-order valence-corrected chi connectivity index (χ2v) is 6.30. The fourth-order valence-corrected chi connectivity index (χ4v) is 1.77. The van der Waals surface area contributed by atoms with Gasteiger partial charge >= 0.3 is 12.1 Å². The first-order chi connectivity index (χ1) is 11.6. The van der Waals surface area contributed by atoms with Crippen molar-refractivity contribution in [1.82, 2.24) is 5.32 Å². The molecule has 1 atom stereocenters. The Kier molecular flexibility index (Phi) is 7.17. The monoisotopic (exact) mass is 348 g/mol. The highest BCUT2D eigenvalue weighted by molar-refractivity contribution is 5.98. The maximum Gasteiger partial charge on any atom is 0.408 e. The van der Waals surface area contributed by atoms with Crippen LogP contribution in [0.3, 0.4) is 0 Å². The van der Waals surface area contributed by atoms with E-state index < -0.39 is 29.6 Å². The van der Waals surface area contributed by atoms with Gasteiger partial charge in [-0.3, -0.25) is 4.79 Å². The first-order valence-electron chi connectivity index (χ1n) is 7.78. The molecular formula is C18H24N2O5. The number of carbonyl (C=O) groups is 3. The highest BCUT2D eigenvalue weighted by atomic mass is 16.6. The van der Waals surface area contributed by atoms with Gasteiger partial charge in [0.1, 0.15) is 11.6 Å². The molecule has 2 N–H and O–H groups in total. The standard InChI is InChI=1S/C18H24N2O5/c1-12(19-17(23)25-18(2,3)4)16(22)20-14-9-7-6-8-13(14)10-11-15(21)24-5/h6-12H,1-5H3,(H,19,23)(H,20,22)/b11-10+/t12-/m0/s1. The number of carbonyl (C=O) groups excluding carboxylic acids is 3. The third kappa shape index (κ3) is 7.52. The van der Waals surface area contributed by atoms with Crippen molar-refractivity contribution in [2.75, 3.05) is 12.4 Å². The fraction of sp³-hybridized carbons (Fsp3) is 0.389. The van der Waals surface area contributed by atoms with Crippen LogP contribution in [0, 0.1) is 0 Å². The molecule has 25 heavy (non-hydrogen) atoms. The molecule has 0 fully saturated rings. The van der Waals surface area contributed by atoms with Crippen LogP contribution in [0.2, 0.25) is 0 Å². The quantitative estimate of drug-likeness (QED) is 0.630. The summed E-state index contributed by atoms with van der Waals surface area (Å²) < 4.78 is 9.66. The Hall–Kier alpha value is -2.83. The van der Waals surface area contributed by atoms with Crippen molar-refractivity contribution in [1.29, 1.82) is 0 Å². The molecule has 0 aliphatic rings. The molecule has 7 nitrogen and oxygen atoms in total. The first-order valence-corrected chi connectivity index (χ1v) is 7.78. The Morgan fingerprint density at radius 2 is 1.80 bits per heavy atom. The van der Waals surface area contributed by atoms with E-state index in [1.807, 2.05) is 0 Å². The molecule has 0 aliphatic carbocycles. The molecule has 7 heteroatoms. The Labute approximate surface area is 147 Å². The number of benzene rings is 1.